The molecule has 1 aliphatic heterocycles. The van der Waals surface area contributed by atoms with Gasteiger partial charge in [0, 0.05) is 5.69 Å². The highest BCUT2D eigenvalue weighted by atomic mass is 16.5. The molecule has 0 radical (unpaired) electrons. The summed E-state index contributed by atoms with van der Waals surface area (Å²) in [6.45, 7) is 6.13. The summed E-state index contributed by atoms with van der Waals surface area (Å²) >= 11 is 0. The van der Waals surface area contributed by atoms with Gasteiger partial charge in [-0.3, -0.25) is 14.5 Å². The largest absolute Gasteiger partial charge is 0.494 e. The third-order valence-corrected chi connectivity index (χ3v) is 3.45. The van der Waals surface area contributed by atoms with Gasteiger partial charge in [-0.25, -0.2) is 0 Å². The maximum Gasteiger partial charge on any atom is 0.250 e. The summed E-state index contributed by atoms with van der Waals surface area (Å²) in [5.74, 6) is 0.568. The lowest BCUT2D eigenvalue weighted by molar-refractivity contribution is -0.133. The molecular weight excluding hydrogens is 256 g/mol. The molecular formula is C15H20N2O3. The van der Waals surface area contributed by atoms with Crippen LogP contribution in [0.3, 0.4) is 0 Å². The number of hydrogen-bond acceptors (Lipinski definition) is 3. The van der Waals surface area contributed by atoms with E-state index in [9.17, 15) is 9.59 Å². The van der Waals surface area contributed by atoms with Gasteiger partial charge in [-0.1, -0.05) is 6.92 Å². The van der Waals surface area contributed by atoms with Crippen molar-refractivity contribution in [3.63, 3.8) is 0 Å². The van der Waals surface area contributed by atoms with E-state index in [-0.39, 0.29) is 11.8 Å². The minimum atomic E-state index is -0.497. The van der Waals surface area contributed by atoms with E-state index in [4.69, 9.17) is 4.74 Å². The van der Waals surface area contributed by atoms with Crippen LogP contribution in [0.4, 0.5) is 5.69 Å². The lowest BCUT2D eigenvalue weighted by Gasteiger charge is -2.37. The summed E-state index contributed by atoms with van der Waals surface area (Å²) in [5, 5.41) is 2.74. The van der Waals surface area contributed by atoms with Crippen molar-refractivity contribution in [2.45, 2.75) is 39.3 Å². The Morgan fingerprint density at radius 2 is 1.85 bits per heavy atom. The Kier molecular flexibility index (Phi) is 4.27. The molecule has 2 atom stereocenters. The van der Waals surface area contributed by atoms with Gasteiger partial charge in [0.15, 0.2) is 0 Å². The number of nitrogens with one attached hydrogen (secondary N) is 1. The maximum atomic E-state index is 12.4. The van der Waals surface area contributed by atoms with Crippen LogP contribution in [0.25, 0.3) is 0 Å². The molecule has 1 saturated heterocycles. The average molecular weight is 276 g/mol. The number of piperazine rings is 1. The lowest BCUT2D eigenvalue weighted by atomic mass is 10.1. The van der Waals surface area contributed by atoms with Crippen LogP contribution < -0.4 is 15.0 Å². The Morgan fingerprint density at radius 1 is 1.20 bits per heavy atom. The third kappa shape index (κ3) is 2.61. The molecule has 1 heterocycles. The standard InChI is InChI=1S/C15H20N2O3/c1-4-13-15(19)17(10(3)14(18)16-13)11-6-8-12(9-7-11)20-5-2/h6-10,13H,4-5H2,1-3H3,(H,16,18). The van der Waals surface area contributed by atoms with Crippen LogP contribution in [-0.4, -0.2) is 30.5 Å². The molecule has 0 saturated carbocycles. The van der Waals surface area contributed by atoms with E-state index in [1.54, 1.807) is 11.8 Å². The predicted molar refractivity (Wildman–Crippen MR) is 76.8 cm³/mol. The molecule has 20 heavy (non-hydrogen) atoms. The van der Waals surface area contributed by atoms with Crippen molar-refractivity contribution < 1.29 is 14.3 Å². The molecule has 2 rings (SSSR count). The van der Waals surface area contributed by atoms with Crippen molar-refractivity contribution in [1.29, 1.82) is 0 Å². The van der Waals surface area contributed by atoms with E-state index >= 15 is 0 Å². The number of amides is 2. The van der Waals surface area contributed by atoms with E-state index in [0.29, 0.717) is 13.0 Å². The highest BCUT2D eigenvalue weighted by Gasteiger charge is 2.37. The normalized spacial score (nSPS) is 22.6. The first-order chi connectivity index (χ1) is 9.58. The zero-order valence-electron chi connectivity index (χ0n) is 12.1. The predicted octanol–water partition coefficient (Wildman–Crippen LogP) is 1.72. The Balaban J connectivity index is 2.28. The summed E-state index contributed by atoms with van der Waals surface area (Å²) in [6, 6.07) is 6.31. The molecule has 5 heteroatoms. The number of carbonyl (C=O) groups excluding carboxylic acids is 2. The number of benzene rings is 1. The van der Waals surface area contributed by atoms with Gasteiger partial charge in [0.2, 0.25) is 11.8 Å². The number of nitrogens with zero attached hydrogens (tertiary/aromatic N) is 1. The summed E-state index contributed by atoms with van der Waals surface area (Å²) in [6.07, 6.45) is 0.588. The maximum absolute atomic E-state index is 12.4. The van der Waals surface area contributed by atoms with Crippen LogP contribution in [0, 0.1) is 0 Å². The van der Waals surface area contributed by atoms with E-state index in [2.05, 4.69) is 5.32 Å². The Morgan fingerprint density at radius 3 is 2.40 bits per heavy atom. The van der Waals surface area contributed by atoms with Gasteiger partial charge < -0.3 is 10.1 Å². The van der Waals surface area contributed by atoms with Crippen molar-refractivity contribution in [3.8, 4) is 5.75 Å². The highest BCUT2D eigenvalue weighted by Crippen LogP contribution is 2.24. The van der Waals surface area contributed by atoms with Gasteiger partial charge in [0.05, 0.1) is 6.61 Å². The third-order valence-electron chi connectivity index (χ3n) is 3.45. The molecule has 1 aromatic carbocycles. The van der Waals surface area contributed by atoms with Gasteiger partial charge in [0.1, 0.15) is 17.8 Å². The fourth-order valence-corrected chi connectivity index (χ4v) is 2.33. The molecule has 1 aromatic rings. The molecule has 0 bridgehead atoms. The van der Waals surface area contributed by atoms with E-state index < -0.39 is 12.1 Å². The first-order valence-corrected chi connectivity index (χ1v) is 6.94. The first-order valence-electron chi connectivity index (χ1n) is 6.94. The molecule has 2 unspecified atom stereocenters. The minimum absolute atomic E-state index is 0.0660. The zero-order valence-corrected chi connectivity index (χ0v) is 12.1. The van der Waals surface area contributed by atoms with Crippen molar-refractivity contribution in [1.82, 2.24) is 5.32 Å². The van der Waals surface area contributed by atoms with Crippen LogP contribution in [0.2, 0.25) is 0 Å². The van der Waals surface area contributed by atoms with Crippen molar-refractivity contribution in [3.05, 3.63) is 24.3 Å². The van der Waals surface area contributed by atoms with Gasteiger partial charge in [-0.2, -0.15) is 0 Å². The SMILES string of the molecule is CCOc1ccc(N2C(=O)C(CC)NC(=O)C2C)cc1. The van der Waals surface area contributed by atoms with Crippen molar-refractivity contribution >= 4 is 17.5 Å². The van der Waals surface area contributed by atoms with E-state index in [1.165, 1.54) is 0 Å². The van der Waals surface area contributed by atoms with Crippen LogP contribution in [0.15, 0.2) is 24.3 Å². The fraction of sp³-hybridized carbons (Fsp3) is 0.467. The van der Waals surface area contributed by atoms with E-state index in [0.717, 1.165) is 11.4 Å². The number of rotatable bonds is 4. The molecule has 108 valence electrons. The van der Waals surface area contributed by atoms with Gasteiger partial charge in [-0.05, 0) is 44.5 Å². The number of carbonyl (C=O) groups is 2. The molecule has 0 aliphatic carbocycles. The van der Waals surface area contributed by atoms with E-state index in [1.807, 2.05) is 38.1 Å². The highest BCUT2D eigenvalue weighted by molar-refractivity contribution is 6.08. The molecule has 1 aliphatic rings. The second kappa shape index (κ2) is 5.94. The van der Waals surface area contributed by atoms with Crippen LogP contribution in [-0.2, 0) is 9.59 Å². The number of hydrogen-bond donors (Lipinski definition) is 1. The monoisotopic (exact) mass is 276 g/mol. The Labute approximate surface area is 118 Å². The fourth-order valence-electron chi connectivity index (χ4n) is 2.33. The van der Waals surface area contributed by atoms with Gasteiger partial charge >= 0.3 is 0 Å². The average Bonchev–Trinajstić information content (AvgIpc) is 2.45. The van der Waals surface area contributed by atoms with Gasteiger partial charge in [0.25, 0.3) is 0 Å². The summed E-state index contributed by atoms with van der Waals surface area (Å²) in [5.41, 5.74) is 0.722. The molecule has 5 nitrogen and oxygen atoms in total. The second-order valence-corrected chi connectivity index (χ2v) is 4.78. The van der Waals surface area contributed by atoms with Gasteiger partial charge in [-0.15, -0.1) is 0 Å². The summed E-state index contributed by atoms with van der Waals surface area (Å²) < 4.78 is 5.38. The lowest BCUT2D eigenvalue weighted by Crippen LogP contribution is -2.62. The molecule has 1 fully saturated rings. The molecule has 2 amide bonds. The first kappa shape index (κ1) is 14.4. The topological polar surface area (TPSA) is 58.6 Å². The zero-order chi connectivity index (χ0) is 14.7. The molecule has 0 spiro atoms. The molecule has 1 N–H and O–H groups in total. The quantitative estimate of drug-likeness (QED) is 0.911. The second-order valence-electron chi connectivity index (χ2n) is 4.78. The smallest absolute Gasteiger partial charge is 0.250 e. The Hall–Kier alpha value is -2.04. The minimum Gasteiger partial charge on any atom is -0.494 e. The summed E-state index contributed by atoms with van der Waals surface area (Å²) in [7, 11) is 0. The summed E-state index contributed by atoms with van der Waals surface area (Å²) in [4.78, 5) is 25.9. The van der Waals surface area contributed by atoms with Crippen molar-refractivity contribution in [2.24, 2.45) is 0 Å². The molecule has 0 aromatic heterocycles. The van der Waals surface area contributed by atoms with Crippen LogP contribution in [0.1, 0.15) is 27.2 Å². The van der Waals surface area contributed by atoms with Crippen LogP contribution in [0.5, 0.6) is 5.75 Å². The number of ether oxygens (including phenoxy) is 1. The Bertz CT molecular complexity index is 498. The van der Waals surface area contributed by atoms with Crippen LogP contribution >= 0.6 is 0 Å². The number of anilines is 1. The van der Waals surface area contributed by atoms with Crippen molar-refractivity contribution in [2.75, 3.05) is 11.5 Å².